The van der Waals surface area contributed by atoms with E-state index in [2.05, 4.69) is 4.74 Å². The highest BCUT2D eigenvalue weighted by atomic mass is 35.5. The Hall–Kier alpha value is -1.75. The predicted molar refractivity (Wildman–Crippen MR) is 63.3 cm³/mol. The van der Waals surface area contributed by atoms with Crippen LogP contribution < -0.4 is 4.74 Å². The topological polar surface area (TPSA) is 9.23 Å². The van der Waals surface area contributed by atoms with Gasteiger partial charge in [-0.3, -0.25) is 0 Å². The number of hydrogen-bond acceptors (Lipinski definition) is 1. The highest BCUT2D eigenvalue weighted by Gasteiger charge is 2.26. The van der Waals surface area contributed by atoms with Crippen molar-refractivity contribution in [2.75, 3.05) is 7.11 Å². The van der Waals surface area contributed by atoms with Crippen LogP contribution >= 0.6 is 11.6 Å². The average Bonchev–Trinajstić information content (AvgIpc) is 2.40. The standard InChI is InChI=1S/C13H7ClF4O/c1-19-13-11(17)9(15)8(10(16)12(13)18)6-2-4-7(14)5-3-6/h2-5H,1H3. The van der Waals surface area contributed by atoms with Gasteiger partial charge in [0.1, 0.15) is 0 Å². The monoisotopic (exact) mass is 290 g/mol. The first-order chi connectivity index (χ1) is 8.97. The van der Waals surface area contributed by atoms with Crippen molar-refractivity contribution in [1.82, 2.24) is 0 Å². The largest absolute Gasteiger partial charge is 0.491 e. The third-order valence-electron chi connectivity index (χ3n) is 2.56. The number of methoxy groups -OCH3 is 1. The second-order valence-electron chi connectivity index (χ2n) is 3.67. The summed E-state index contributed by atoms with van der Waals surface area (Å²) < 4.78 is 58.9. The molecule has 0 N–H and O–H groups in total. The Morgan fingerprint density at radius 2 is 1.32 bits per heavy atom. The molecular formula is C13H7ClF4O. The van der Waals surface area contributed by atoms with Crippen molar-refractivity contribution in [2.24, 2.45) is 0 Å². The van der Waals surface area contributed by atoms with Crippen molar-refractivity contribution in [3.63, 3.8) is 0 Å². The third kappa shape index (κ3) is 2.26. The summed E-state index contributed by atoms with van der Waals surface area (Å²) in [6.07, 6.45) is 0. The van der Waals surface area contributed by atoms with Gasteiger partial charge in [0, 0.05) is 5.02 Å². The highest BCUT2D eigenvalue weighted by molar-refractivity contribution is 6.30. The molecule has 0 fully saturated rings. The molecule has 2 aromatic rings. The third-order valence-corrected chi connectivity index (χ3v) is 2.81. The Kier molecular flexibility index (Phi) is 3.66. The summed E-state index contributed by atoms with van der Waals surface area (Å²) >= 11 is 5.63. The molecule has 0 aromatic heterocycles. The van der Waals surface area contributed by atoms with Crippen molar-refractivity contribution >= 4 is 11.6 Å². The van der Waals surface area contributed by atoms with E-state index >= 15 is 0 Å². The zero-order chi connectivity index (χ0) is 14.2. The number of hydrogen-bond donors (Lipinski definition) is 0. The summed E-state index contributed by atoms with van der Waals surface area (Å²) in [5.41, 5.74) is -0.827. The molecule has 0 heterocycles. The Balaban J connectivity index is 2.74. The van der Waals surface area contributed by atoms with Crippen molar-refractivity contribution in [1.29, 1.82) is 0 Å². The van der Waals surface area contributed by atoms with Crippen LogP contribution in [0.2, 0.25) is 5.02 Å². The van der Waals surface area contributed by atoms with Gasteiger partial charge in [-0.2, -0.15) is 8.78 Å². The number of benzene rings is 2. The lowest BCUT2D eigenvalue weighted by molar-refractivity contribution is 0.334. The van der Waals surface area contributed by atoms with E-state index in [9.17, 15) is 17.6 Å². The lowest BCUT2D eigenvalue weighted by Gasteiger charge is -2.11. The van der Waals surface area contributed by atoms with Crippen LogP contribution in [0.15, 0.2) is 24.3 Å². The fourth-order valence-electron chi connectivity index (χ4n) is 1.66. The molecule has 0 unspecified atom stereocenters. The SMILES string of the molecule is COc1c(F)c(F)c(-c2ccc(Cl)cc2)c(F)c1F. The maximum Gasteiger partial charge on any atom is 0.204 e. The van der Waals surface area contributed by atoms with Crippen molar-refractivity contribution in [3.05, 3.63) is 52.6 Å². The Morgan fingerprint density at radius 1 is 0.842 bits per heavy atom. The summed E-state index contributed by atoms with van der Waals surface area (Å²) in [7, 11) is 0.919. The molecule has 0 spiro atoms. The summed E-state index contributed by atoms with van der Waals surface area (Å²) in [4.78, 5) is 0. The molecule has 2 aromatic carbocycles. The molecule has 0 aliphatic rings. The van der Waals surface area contributed by atoms with E-state index in [1.54, 1.807) is 0 Å². The predicted octanol–water partition coefficient (Wildman–Crippen LogP) is 4.57. The summed E-state index contributed by atoms with van der Waals surface area (Å²) in [6, 6.07) is 5.23. The van der Waals surface area contributed by atoms with Gasteiger partial charge >= 0.3 is 0 Å². The molecule has 0 amide bonds. The van der Waals surface area contributed by atoms with Crippen LogP contribution in [-0.4, -0.2) is 7.11 Å². The van der Waals surface area contributed by atoms with Gasteiger partial charge < -0.3 is 4.74 Å². The van der Waals surface area contributed by atoms with Gasteiger partial charge in [0.25, 0.3) is 0 Å². The highest BCUT2D eigenvalue weighted by Crippen LogP contribution is 2.35. The average molecular weight is 291 g/mol. The van der Waals surface area contributed by atoms with Crippen LogP contribution in [0.25, 0.3) is 11.1 Å². The minimum Gasteiger partial charge on any atom is -0.491 e. The second-order valence-corrected chi connectivity index (χ2v) is 4.11. The van der Waals surface area contributed by atoms with E-state index in [4.69, 9.17) is 11.6 Å². The normalized spacial score (nSPS) is 10.6. The van der Waals surface area contributed by atoms with E-state index in [1.165, 1.54) is 24.3 Å². The Labute approximate surface area is 111 Å². The molecule has 100 valence electrons. The molecule has 0 atom stereocenters. The number of rotatable bonds is 2. The molecule has 0 aliphatic heterocycles. The number of halogens is 5. The Bertz CT molecular complexity index is 597. The first kappa shape index (κ1) is 13.7. The van der Waals surface area contributed by atoms with E-state index in [0.717, 1.165) is 7.11 Å². The van der Waals surface area contributed by atoms with E-state index in [1.807, 2.05) is 0 Å². The van der Waals surface area contributed by atoms with Gasteiger partial charge in [0.05, 0.1) is 12.7 Å². The molecule has 0 radical (unpaired) electrons. The smallest absolute Gasteiger partial charge is 0.204 e. The first-order valence-electron chi connectivity index (χ1n) is 5.13. The van der Waals surface area contributed by atoms with Crippen LogP contribution in [0.1, 0.15) is 0 Å². The lowest BCUT2D eigenvalue weighted by atomic mass is 10.0. The fraction of sp³-hybridized carbons (Fsp3) is 0.0769. The summed E-state index contributed by atoms with van der Waals surface area (Å²) in [5.74, 6) is -7.28. The minimum absolute atomic E-state index is 0.0279. The second kappa shape index (κ2) is 5.09. The summed E-state index contributed by atoms with van der Waals surface area (Å²) in [6.45, 7) is 0. The van der Waals surface area contributed by atoms with E-state index < -0.39 is 34.6 Å². The molecule has 0 aliphatic carbocycles. The molecule has 1 nitrogen and oxygen atoms in total. The molecular weight excluding hydrogens is 284 g/mol. The van der Waals surface area contributed by atoms with Crippen LogP contribution in [-0.2, 0) is 0 Å². The molecule has 6 heteroatoms. The van der Waals surface area contributed by atoms with Gasteiger partial charge in [-0.05, 0) is 17.7 Å². The molecule has 0 bridgehead atoms. The fourth-order valence-corrected chi connectivity index (χ4v) is 1.79. The molecule has 19 heavy (non-hydrogen) atoms. The lowest BCUT2D eigenvalue weighted by Crippen LogP contribution is -2.03. The van der Waals surface area contributed by atoms with Crippen LogP contribution in [0, 0.1) is 23.3 Å². The van der Waals surface area contributed by atoms with E-state index in [0.29, 0.717) is 5.02 Å². The van der Waals surface area contributed by atoms with Crippen LogP contribution in [0.3, 0.4) is 0 Å². The van der Waals surface area contributed by atoms with Crippen LogP contribution in [0.5, 0.6) is 5.75 Å². The van der Waals surface area contributed by atoms with E-state index in [-0.39, 0.29) is 5.56 Å². The molecule has 0 saturated heterocycles. The first-order valence-corrected chi connectivity index (χ1v) is 5.51. The van der Waals surface area contributed by atoms with Gasteiger partial charge in [0.2, 0.25) is 11.6 Å². The van der Waals surface area contributed by atoms with Crippen molar-refractivity contribution in [3.8, 4) is 16.9 Å². The van der Waals surface area contributed by atoms with Gasteiger partial charge in [0.15, 0.2) is 17.4 Å². The van der Waals surface area contributed by atoms with Gasteiger partial charge in [-0.15, -0.1) is 0 Å². The maximum atomic E-state index is 13.8. The van der Waals surface area contributed by atoms with Crippen molar-refractivity contribution in [2.45, 2.75) is 0 Å². The quantitative estimate of drug-likeness (QED) is 0.581. The Morgan fingerprint density at radius 3 is 1.74 bits per heavy atom. The van der Waals surface area contributed by atoms with Crippen LogP contribution in [0.4, 0.5) is 17.6 Å². The molecule has 2 rings (SSSR count). The molecule has 0 saturated carbocycles. The van der Waals surface area contributed by atoms with Gasteiger partial charge in [-0.25, -0.2) is 8.78 Å². The zero-order valence-corrected chi connectivity index (χ0v) is 10.4. The minimum atomic E-state index is -1.58. The summed E-state index contributed by atoms with van der Waals surface area (Å²) in [5, 5.41) is 0.332. The zero-order valence-electron chi connectivity index (χ0n) is 9.61. The number of ether oxygens (including phenoxy) is 1. The van der Waals surface area contributed by atoms with Gasteiger partial charge in [-0.1, -0.05) is 23.7 Å². The van der Waals surface area contributed by atoms with Crippen molar-refractivity contribution < 1.29 is 22.3 Å². The maximum absolute atomic E-state index is 13.8.